The van der Waals surface area contributed by atoms with Crippen LogP contribution in [0.4, 0.5) is 0 Å². The van der Waals surface area contributed by atoms with Crippen LogP contribution in [0.2, 0.25) is 0 Å². The zero-order chi connectivity index (χ0) is 5.70. The number of nitrogens with two attached hydrogens (primary N) is 1. The quantitative estimate of drug-likeness (QED) is 0.477. The van der Waals surface area contributed by atoms with Gasteiger partial charge in [-0.1, -0.05) is 0 Å². The maximum Gasteiger partial charge on any atom is 0.104 e. The van der Waals surface area contributed by atoms with Crippen LogP contribution in [0.25, 0.3) is 0 Å². The summed E-state index contributed by atoms with van der Waals surface area (Å²) in [6.45, 7) is 0.389. The van der Waals surface area contributed by atoms with Gasteiger partial charge in [-0.15, -0.1) is 0 Å². The molecule has 0 aromatic rings. The summed E-state index contributed by atoms with van der Waals surface area (Å²) in [5.74, 6) is 0. The molecule has 1 atom stereocenters. The molecule has 0 radical (unpaired) electrons. The summed E-state index contributed by atoms with van der Waals surface area (Å²) in [6, 6.07) is 0. The Morgan fingerprint density at radius 1 is 2.00 bits per heavy atom. The number of hydrogen-bond donors (Lipinski definition) is 2. The number of methoxy groups -OCH3 is 1. The van der Waals surface area contributed by atoms with E-state index in [4.69, 9.17) is 11.1 Å². The van der Waals surface area contributed by atoms with Crippen molar-refractivity contribution < 1.29 is 4.74 Å². The second-order valence-corrected chi connectivity index (χ2v) is 1.18. The van der Waals surface area contributed by atoms with Crippen molar-refractivity contribution in [2.75, 3.05) is 13.7 Å². The van der Waals surface area contributed by atoms with Crippen LogP contribution in [0, 0.1) is 5.41 Å². The van der Waals surface area contributed by atoms with E-state index in [0.717, 1.165) is 0 Å². The Morgan fingerprint density at radius 2 is 2.57 bits per heavy atom. The van der Waals surface area contributed by atoms with Gasteiger partial charge in [0.15, 0.2) is 0 Å². The molecule has 1 unspecified atom stereocenters. The minimum absolute atomic E-state index is 0.194. The van der Waals surface area contributed by atoms with Crippen LogP contribution in [-0.4, -0.2) is 26.0 Å². The van der Waals surface area contributed by atoms with Gasteiger partial charge in [-0.05, 0) is 0 Å². The molecule has 0 bridgehead atoms. The van der Waals surface area contributed by atoms with Gasteiger partial charge in [0, 0.05) is 19.9 Å². The van der Waals surface area contributed by atoms with Gasteiger partial charge in [-0.25, -0.2) is 0 Å². The average Bonchev–Trinajstić information content (AvgIpc) is 1.72. The number of ether oxygens (including phenoxy) is 1. The monoisotopic (exact) mass is 102 g/mol. The summed E-state index contributed by atoms with van der Waals surface area (Å²) in [5, 5.41) is 6.63. The first-order chi connectivity index (χ1) is 3.35. The number of rotatable bonds is 3. The van der Waals surface area contributed by atoms with Crippen molar-refractivity contribution in [1.82, 2.24) is 0 Å². The summed E-state index contributed by atoms with van der Waals surface area (Å²) >= 11 is 0. The van der Waals surface area contributed by atoms with Gasteiger partial charge in [0.25, 0.3) is 0 Å². The summed E-state index contributed by atoms with van der Waals surface area (Å²) < 4.78 is 4.68. The highest BCUT2D eigenvalue weighted by molar-refractivity contribution is 5.59. The second kappa shape index (κ2) is 3.77. The van der Waals surface area contributed by atoms with E-state index in [9.17, 15) is 0 Å². The van der Waals surface area contributed by atoms with Gasteiger partial charge in [-0.3, -0.25) is 0 Å². The van der Waals surface area contributed by atoms with Crippen LogP contribution < -0.4 is 5.73 Å². The van der Waals surface area contributed by atoms with E-state index in [1.165, 1.54) is 13.3 Å². The van der Waals surface area contributed by atoms with Crippen LogP contribution in [0.5, 0.6) is 0 Å². The SMILES string of the molecule is COC(C=N)CN. The van der Waals surface area contributed by atoms with Crippen LogP contribution in [0.15, 0.2) is 0 Å². The van der Waals surface area contributed by atoms with Crippen molar-refractivity contribution in [3.63, 3.8) is 0 Å². The van der Waals surface area contributed by atoms with E-state index in [2.05, 4.69) is 4.74 Å². The molecule has 0 spiro atoms. The van der Waals surface area contributed by atoms with Gasteiger partial charge < -0.3 is 15.9 Å². The minimum Gasteiger partial charge on any atom is -0.374 e. The zero-order valence-corrected chi connectivity index (χ0v) is 4.35. The lowest BCUT2D eigenvalue weighted by molar-refractivity contribution is 0.165. The van der Waals surface area contributed by atoms with Crippen molar-refractivity contribution >= 4 is 6.21 Å². The molecule has 0 saturated heterocycles. The Labute approximate surface area is 43.0 Å². The smallest absolute Gasteiger partial charge is 0.104 e. The van der Waals surface area contributed by atoms with Crippen molar-refractivity contribution in [2.24, 2.45) is 5.73 Å². The molecule has 3 heteroatoms. The molecule has 0 heterocycles. The van der Waals surface area contributed by atoms with Crippen LogP contribution in [0.1, 0.15) is 0 Å². The molecular formula is C4H10N2O. The molecule has 0 aliphatic heterocycles. The van der Waals surface area contributed by atoms with E-state index in [0.29, 0.717) is 6.54 Å². The maximum atomic E-state index is 6.63. The molecule has 3 nitrogen and oxygen atoms in total. The molecule has 0 aliphatic rings. The summed E-state index contributed by atoms with van der Waals surface area (Å²) in [4.78, 5) is 0. The molecule has 3 N–H and O–H groups in total. The lowest BCUT2D eigenvalue weighted by Crippen LogP contribution is -2.22. The average molecular weight is 102 g/mol. The van der Waals surface area contributed by atoms with Crippen molar-refractivity contribution in [3.8, 4) is 0 Å². The molecule has 0 saturated carbocycles. The molecule has 0 aromatic carbocycles. The Hall–Kier alpha value is -0.410. The fourth-order valence-electron chi connectivity index (χ4n) is 0.232. The molecule has 7 heavy (non-hydrogen) atoms. The minimum atomic E-state index is -0.194. The molecule has 0 fully saturated rings. The van der Waals surface area contributed by atoms with Crippen LogP contribution >= 0.6 is 0 Å². The van der Waals surface area contributed by atoms with E-state index in [1.807, 2.05) is 0 Å². The van der Waals surface area contributed by atoms with Gasteiger partial charge in [0.1, 0.15) is 6.10 Å². The highest BCUT2D eigenvalue weighted by Gasteiger charge is 1.94. The van der Waals surface area contributed by atoms with E-state index >= 15 is 0 Å². The maximum absolute atomic E-state index is 6.63. The third-order valence-corrected chi connectivity index (χ3v) is 0.721. The fraction of sp³-hybridized carbons (Fsp3) is 0.750. The van der Waals surface area contributed by atoms with Gasteiger partial charge >= 0.3 is 0 Å². The first kappa shape index (κ1) is 6.59. The van der Waals surface area contributed by atoms with Crippen molar-refractivity contribution in [2.45, 2.75) is 6.10 Å². The Balaban J connectivity index is 3.16. The lowest BCUT2D eigenvalue weighted by Gasteiger charge is -2.02. The third kappa shape index (κ3) is 2.31. The highest BCUT2D eigenvalue weighted by Crippen LogP contribution is 1.76. The van der Waals surface area contributed by atoms with Crippen LogP contribution in [-0.2, 0) is 4.74 Å². The van der Waals surface area contributed by atoms with Gasteiger partial charge in [0.2, 0.25) is 0 Å². The lowest BCUT2D eigenvalue weighted by atomic mass is 10.4. The molecule has 0 aromatic heterocycles. The van der Waals surface area contributed by atoms with E-state index in [1.54, 1.807) is 0 Å². The predicted octanol–water partition coefficient (Wildman–Crippen LogP) is -0.390. The normalized spacial score (nSPS) is 13.4. The first-order valence-corrected chi connectivity index (χ1v) is 2.08. The largest absolute Gasteiger partial charge is 0.374 e. The summed E-state index contributed by atoms with van der Waals surface area (Å²) in [5.41, 5.74) is 5.12. The number of hydrogen-bond acceptors (Lipinski definition) is 3. The van der Waals surface area contributed by atoms with Crippen LogP contribution in [0.3, 0.4) is 0 Å². The topological polar surface area (TPSA) is 59.1 Å². The van der Waals surface area contributed by atoms with E-state index < -0.39 is 0 Å². The van der Waals surface area contributed by atoms with Gasteiger partial charge in [0.05, 0.1) is 0 Å². The summed E-state index contributed by atoms with van der Waals surface area (Å²) in [7, 11) is 1.53. The standard InChI is InChI=1S/C4H10N2O/c1-7-4(2-5)3-6/h2,4-5H,3,6H2,1H3. The zero-order valence-electron chi connectivity index (χ0n) is 4.35. The fourth-order valence-corrected chi connectivity index (χ4v) is 0.232. The number of nitrogens with one attached hydrogen (secondary N) is 1. The van der Waals surface area contributed by atoms with Gasteiger partial charge in [-0.2, -0.15) is 0 Å². The van der Waals surface area contributed by atoms with Crippen molar-refractivity contribution in [3.05, 3.63) is 0 Å². The molecule has 0 amide bonds. The van der Waals surface area contributed by atoms with Crippen molar-refractivity contribution in [1.29, 1.82) is 5.41 Å². The molecule has 42 valence electrons. The molecule has 0 aliphatic carbocycles. The Morgan fingerprint density at radius 3 is 2.57 bits per heavy atom. The highest BCUT2D eigenvalue weighted by atomic mass is 16.5. The van der Waals surface area contributed by atoms with E-state index in [-0.39, 0.29) is 6.10 Å². The second-order valence-electron chi connectivity index (χ2n) is 1.18. The first-order valence-electron chi connectivity index (χ1n) is 2.08. The molecule has 0 rings (SSSR count). The molecular weight excluding hydrogens is 92.1 g/mol. The Bertz CT molecular complexity index is 51.7. The predicted molar refractivity (Wildman–Crippen MR) is 28.6 cm³/mol. The third-order valence-electron chi connectivity index (χ3n) is 0.721. The summed E-state index contributed by atoms with van der Waals surface area (Å²) in [6.07, 6.45) is 0.986. The Kier molecular flexibility index (Phi) is 3.55.